The van der Waals surface area contributed by atoms with Crippen molar-refractivity contribution in [2.24, 2.45) is 0 Å². The molecule has 3 rings (SSSR count). The molecule has 6 heteroatoms. The Hall–Kier alpha value is -2.79. The number of anilines is 2. The third-order valence-electron chi connectivity index (χ3n) is 3.50. The molecule has 1 heterocycles. The number of aryl methyl sites for hydroxylation is 1. The van der Waals surface area contributed by atoms with Crippen molar-refractivity contribution >= 4 is 29.0 Å². The second kappa shape index (κ2) is 6.76. The van der Waals surface area contributed by atoms with Crippen molar-refractivity contribution < 1.29 is 4.79 Å². The van der Waals surface area contributed by atoms with Crippen LogP contribution in [0, 0.1) is 6.92 Å². The monoisotopic (exact) mass is 340 g/mol. The average molecular weight is 341 g/mol. The van der Waals surface area contributed by atoms with E-state index in [4.69, 9.17) is 17.3 Å². The predicted molar refractivity (Wildman–Crippen MR) is 96.5 cm³/mol. The molecule has 0 saturated heterocycles. The number of benzene rings is 2. The molecular weight excluding hydrogens is 324 g/mol. The van der Waals surface area contributed by atoms with Crippen LogP contribution in [0.4, 0.5) is 11.5 Å². The lowest BCUT2D eigenvalue weighted by Crippen LogP contribution is -2.17. The highest BCUT2D eigenvalue weighted by Crippen LogP contribution is 2.20. The van der Waals surface area contributed by atoms with E-state index in [1.165, 1.54) is 0 Å². The van der Waals surface area contributed by atoms with Crippen molar-refractivity contribution in [3.05, 3.63) is 70.9 Å². The van der Waals surface area contributed by atoms with Crippen LogP contribution in [0.5, 0.6) is 0 Å². The van der Waals surface area contributed by atoms with Crippen LogP contribution in [0.15, 0.2) is 54.6 Å². The standard InChI is InChI=1S/C18H17ClN4O/c1-12-9-17(23(22-12)16-4-2-3-14(19)11-16)21-18(24)10-13-5-7-15(20)8-6-13/h2-9,11H,10,20H2,1H3,(H,21,24). The maximum Gasteiger partial charge on any atom is 0.229 e. The Bertz CT molecular complexity index is 871. The van der Waals surface area contributed by atoms with Gasteiger partial charge in [0.2, 0.25) is 5.91 Å². The van der Waals surface area contributed by atoms with E-state index >= 15 is 0 Å². The number of carbonyl (C=O) groups excluding carboxylic acids is 1. The summed E-state index contributed by atoms with van der Waals surface area (Å²) >= 11 is 6.04. The second-order valence-corrected chi connectivity index (χ2v) is 5.97. The molecule has 24 heavy (non-hydrogen) atoms. The number of halogens is 1. The number of nitrogen functional groups attached to an aromatic ring is 1. The maximum atomic E-state index is 12.3. The maximum absolute atomic E-state index is 12.3. The van der Waals surface area contributed by atoms with Gasteiger partial charge in [0.1, 0.15) is 5.82 Å². The number of rotatable bonds is 4. The molecule has 0 spiro atoms. The van der Waals surface area contributed by atoms with E-state index < -0.39 is 0 Å². The fourth-order valence-corrected chi connectivity index (χ4v) is 2.59. The Labute approximate surface area is 145 Å². The Morgan fingerprint density at radius 3 is 2.67 bits per heavy atom. The van der Waals surface area contributed by atoms with Crippen molar-refractivity contribution in [1.29, 1.82) is 0 Å². The molecule has 122 valence electrons. The third-order valence-corrected chi connectivity index (χ3v) is 3.73. The summed E-state index contributed by atoms with van der Waals surface area (Å²) in [6, 6.07) is 16.4. The molecule has 1 amide bonds. The van der Waals surface area contributed by atoms with E-state index in [9.17, 15) is 4.79 Å². The first kappa shape index (κ1) is 16.1. The minimum Gasteiger partial charge on any atom is -0.399 e. The number of nitrogens with one attached hydrogen (secondary N) is 1. The van der Waals surface area contributed by atoms with Gasteiger partial charge in [0.05, 0.1) is 17.8 Å². The normalized spacial score (nSPS) is 10.6. The van der Waals surface area contributed by atoms with Crippen LogP contribution in [-0.4, -0.2) is 15.7 Å². The minimum atomic E-state index is -0.122. The van der Waals surface area contributed by atoms with E-state index in [0.29, 0.717) is 16.5 Å². The van der Waals surface area contributed by atoms with Gasteiger partial charge in [-0.1, -0.05) is 29.8 Å². The molecule has 2 aromatic carbocycles. The van der Waals surface area contributed by atoms with Crippen LogP contribution in [0.3, 0.4) is 0 Å². The van der Waals surface area contributed by atoms with E-state index in [1.807, 2.05) is 37.3 Å². The average Bonchev–Trinajstić information content (AvgIpc) is 2.90. The predicted octanol–water partition coefficient (Wildman–Crippen LogP) is 3.60. The summed E-state index contributed by atoms with van der Waals surface area (Å²) in [7, 11) is 0. The zero-order valence-corrected chi connectivity index (χ0v) is 13.9. The van der Waals surface area contributed by atoms with Gasteiger partial charge in [0.15, 0.2) is 0 Å². The van der Waals surface area contributed by atoms with Gasteiger partial charge in [-0.2, -0.15) is 5.10 Å². The van der Waals surface area contributed by atoms with E-state index in [1.54, 1.807) is 28.9 Å². The zero-order chi connectivity index (χ0) is 17.1. The Kier molecular flexibility index (Phi) is 4.53. The third kappa shape index (κ3) is 3.75. The molecule has 0 aliphatic rings. The van der Waals surface area contributed by atoms with Crippen LogP contribution >= 0.6 is 11.6 Å². The van der Waals surface area contributed by atoms with Gasteiger partial charge in [0, 0.05) is 16.8 Å². The fraction of sp³-hybridized carbons (Fsp3) is 0.111. The highest BCUT2D eigenvalue weighted by atomic mass is 35.5. The van der Waals surface area contributed by atoms with Gasteiger partial charge < -0.3 is 11.1 Å². The van der Waals surface area contributed by atoms with Gasteiger partial charge in [0.25, 0.3) is 0 Å². The first-order valence-electron chi connectivity index (χ1n) is 7.48. The number of nitrogens with zero attached hydrogens (tertiary/aromatic N) is 2. The summed E-state index contributed by atoms with van der Waals surface area (Å²) in [5.74, 6) is 0.484. The smallest absolute Gasteiger partial charge is 0.229 e. The van der Waals surface area contributed by atoms with Crippen molar-refractivity contribution in [1.82, 2.24) is 9.78 Å². The molecule has 0 radical (unpaired) electrons. The lowest BCUT2D eigenvalue weighted by molar-refractivity contribution is -0.115. The largest absolute Gasteiger partial charge is 0.399 e. The molecule has 0 fully saturated rings. The molecule has 0 atom stereocenters. The van der Waals surface area contributed by atoms with Crippen LogP contribution in [-0.2, 0) is 11.2 Å². The summed E-state index contributed by atoms with van der Waals surface area (Å²) in [5.41, 5.74) is 8.82. The number of aromatic nitrogens is 2. The molecule has 0 aliphatic carbocycles. The molecule has 5 nitrogen and oxygen atoms in total. The minimum absolute atomic E-state index is 0.122. The van der Waals surface area contributed by atoms with Gasteiger partial charge in [-0.15, -0.1) is 0 Å². The molecule has 3 N–H and O–H groups in total. The first-order chi connectivity index (χ1) is 11.5. The van der Waals surface area contributed by atoms with Crippen molar-refractivity contribution in [2.75, 3.05) is 11.1 Å². The number of carbonyl (C=O) groups is 1. The zero-order valence-electron chi connectivity index (χ0n) is 13.2. The SMILES string of the molecule is Cc1cc(NC(=O)Cc2ccc(N)cc2)n(-c2cccc(Cl)c2)n1. The highest BCUT2D eigenvalue weighted by Gasteiger charge is 2.11. The molecule has 0 unspecified atom stereocenters. The Balaban J connectivity index is 1.80. The number of amides is 1. The Morgan fingerprint density at radius 1 is 1.21 bits per heavy atom. The summed E-state index contributed by atoms with van der Waals surface area (Å²) in [5, 5.41) is 7.93. The molecule has 3 aromatic rings. The van der Waals surface area contributed by atoms with Gasteiger partial charge in [-0.05, 0) is 42.8 Å². The molecular formula is C18H17ClN4O. The number of hydrogen-bond donors (Lipinski definition) is 2. The molecule has 1 aromatic heterocycles. The van der Waals surface area contributed by atoms with Crippen molar-refractivity contribution in [2.45, 2.75) is 13.3 Å². The van der Waals surface area contributed by atoms with Crippen LogP contribution in [0.2, 0.25) is 5.02 Å². The quantitative estimate of drug-likeness (QED) is 0.713. The summed E-state index contributed by atoms with van der Waals surface area (Å²) in [6.07, 6.45) is 0.264. The Morgan fingerprint density at radius 2 is 1.96 bits per heavy atom. The van der Waals surface area contributed by atoms with Gasteiger partial charge in [-0.3, -0.25) is 4.79 Å². The van der Waals surface area contributed by atoms with Crippen LogP contribution in [0.1, 0.15) is 11.3 Å². The van der Waals surface area contributed by atoms with Crippen LogP contribution < -0.4 is 11.1 Å². The highest BCUT2D eigenvalue weighted by molar-refractivity contribution is 6.30. The first-order valence-corrected chi connectivity index (χ1v) is 7.86. The summed E-state index contributed by atoms with van der Waals surface area (Å²) < 4.78 is 1.67. The lowest BCUT2D eigenvalue weighted by atomic mass is 10.1. The van der Waals surface area contributed by atoms with Gasteiger partial charge in [-0.25, -0.2) is 4.68 Å². The fourth-order valence-electron chi connectivity index (χ4n) is 2.40. The summed E-state index contributed by atoms with van der Waals surface area (Å²) in [6.45, 7) is 1.87. The number of hydrogen-bond acceptors (Lipinski definition) is 3. The molecule has 0 bridgehead atoms. The van der Waals surface area contributed by atoms with Crippen LogP contribution in [0.25, 0.3) is 5.69 Å². The molecule has 0 saturated carbocycles. The van der Waals surface area contributed by atoms with Crippen molar-refractivity contribution in [3.63, 3.8) is 0 Å². The lowest BCUT2D eigenvalue weighted by Gasteiger charge is -2.09. The van der Waals surface area contributed by atoms with Gasteiger partial charge >= 0.3 is 0 Å². The van der Waals surface area contributed by atoms with E-state index in [0.717, 1.165) is 16.9 Å². The summed E-state index contributed by atoms with van der Waals surface area (Å²) in [4.78, 5) is 12.3. The van der Waals surface area contributed by atoms with E-state index in [2.05, 4.69) is 10.4 Å². The van der Waals surface area contributed by atoms with E-state index in [-0.39, 0.29) is 12.3 Å². The van der Waals surface area contributed by atoms with Crippen molar-refractivity contribution in [3.8, 4) is 5.69 Å². The molecule has 0 aliphatic heterocycles. The topological polar surface area (TPSA) is 72.9 Å². The number of nitrogens with two attached hydrogens (primary N) is 1. The second-order valence-electron chi connectivity index (χ2n) is 5.53.